The first-order valence-electron chi connectivity index (χ1n) is 3.83. The third kappa shape index (κ3) is 2.50. The van der Waals surface area contributed by atoms with Crippen molar-refractivity contribution in [3.63, 3.8) is 0 Å². The van der Waals surface area contributed by atoms with Crippen LogP contribution in [0.15, 0.2) is 12.7 Å². The summed E-state index contributed by atoms with van der Waals surface area (Å²) in [6.45, 7) is 7.64. The van der Waals surface area contributed by atoms with Crippen molar-refractivity contribution in [2.24, 2.45) is 5.92 Å². The van der Waals surface area contributed by atoms with Crippen molar-refractivity contribution < 1.29 is 4.74 Å². The first-order chi connectivity index (χ1) is 4.93. The van der Waals surface area contributed by atoms with Gasteiger partial charge in [-0.25, -0.2) is 0 Å². The van der Waals surface area contributed by atoms with Crippen LogP contribution >= 0.6 is 0 Å². The van der Waals surface area contributed by atoms with E-state index in [0.29, 0.717) is 0 Å². The summed E-state index contributed by atoms with van der Waals surface area (Å²) in [5.74, 6) is 0.768. The maximum atomic E-state index is 5.37. The molecule has 0 aliphatic carbocycles. The van der Waals surface area contributed by atoms with Gasteiger partial charge in [0, 0.05) is 19.0 Å². The molecule has 0 atom stereocenters. The lowest BCUT2D eigenvalue weighted by Gasteiger charge is -2.26. The number of ether oxygens (including phenoxy) is 1. The minimum atomic E-state index is 0.768. The van der Waals surface area contributed by atoms with E-state index in [4.69, 9.17) is 4.74 Å². The molecule has 1 aliphatic rings. The van der Waals surface area contributed by atoms with E-state index in [0.717, 1.165) is 38.6 Å². The molecule has 1 heterocycles. The molecule has 0 aromatic carbocycles. The zero-order valence-electron chi connectivity index (χ0n) is 6.31. The van der Waals surface area contributed by atoms with Crippen molar-refractivity contribution in [3.05, 3.63) is 12.7 Å². The maximum absolute atomic E-state index is 5.37. The summed E-state index contributed by atoms with van der Waals surface area (Å²) >= 11 is 0. The minimum absolute atomic E-state index is 0.768. The monoisotopic (exact) mass is 141 g/mol. The van der Waals surface area contributed by atoms with E-state index in [1.54, 1.807) is 0 Å². The lowest BCUT2D eigenvalue weighted by molar-refractivity contribution is 0.0832. The number of rotatable bonds is 5. The lowest BCUT2D eigenvalue weighted by atomic mass is 10.1. The number of hydrogen-bond acceptors (Lipinski definition) is 2. The molecule has 2 nitrogen and oxygen atoms in total. The molecule has 58 valence electrons. The normalized spacial score (nSPS) is 18.4. The molecular weight excluding hydrogens is 126 g/mol. The summed E-state index contributed by atoms with van der Waals surface area (Å²) in [6, 6.07) is 0. The van der Waals surface area contributed by atoms with Gasteiger partial charge in [-0.15, -0.1) is 6.58 Å². The van der Waals surface area contributed by atoms with Gasteiger partial charge in [-0.3, -0.25) is 0 Å². The van der Waals surface area contributed by atoms with Gasteiger partial charge in [-0.1, -0.05) is 6.08 Å². The number of hydrogen-bond donors (Lipinski definition) is 1. The highest BCUT2D eigenvalue weighted by Gasteiger charge is 2.15. The fraction of sp³-hybridized carbons (Fsp3) is 0.750. The fourth-order valence-corrected chi connectivity index (χ4v) is 0.883. The summed E-state index contributed by atoms with van der Waals surface area (Å²) in [5, 5.41) is 3.20. The van der Waals surface area contributed by atoms with Crippen molar-refractivity contribution in [1.82, 2.24) is 5.32 Å². The van der Waals surface area contributed by atoms with Crippen molar-refractivity contribution in [3.8, 4) is 0 Å². The molecule has 0 bridgehead atoms. The van der Waals surface area contributed by atoms with Crippen LogP contribution in [0.5, 0.6) is 0 Å². The van der Waals surface area contributed by atoms with Gasteiger partial charge >= 0.3 is 0 Å². The van der Waals surface area contributed by atoms with Gasteiger partial charge in [-0.05, 0) is 6.42 Å². The largest absolute Gasteiger partial charge is 0.381 e. The molecule has 0 radical (unpaired) electrons. The second kappa shape index (κ2) is 4.47. The first-order valence-corrected chi connectivity index (χ1v) is 3.83. The third-order valence-corrected chi connectivity index (χ3v) is 1.69. The molecule has 0 aromatic heterocycles. The number of nitrogens with one attached hydrogen (secondary N) is 1. The fourth-order valence-electron chi connectivity index (χ4n) is 0.883. The Bertz CT molecular complexity index is 99.4. The van der Waals surface area contributed by atoms with Crippen LogP contribution in [-0.4, -0.2) is 26.3 Å². The lowest BCUT2D eigenvalue weighted by Crippen LogP contribution is -2.44. The zero-order chi connectivity index (χ0) is 7.23. The topological polar surface area (TPSA) is 21.3 Å². The third-order valence-electron chi connectivity index (χ3n) is 1.69. The summed E-state index contributed by atoms with van der Waals surface area (Å²) in [6.07, 6.45) is 2.86. The Balaban J connectivity index is 1.80. The van der Waals surface area contributed by atoms with Gasteiger partial charge in [0.25, 0.3) is 0 Å². The zero-order valence-corrected chi connectivity index (χ0v) is 6.31. The van der Waals surface area contributed by atoms with Gasteiger partial charge in [0.05, 0.1) is 13.2 Å². The molecule has 1 aliphatic heterocycles. The van der Waals surface area contributed by atoms with E-state index >= 15 is 0 Å². The van der Waals surface area contributed by atoms with Crippen LogP contribution in [0.25, 0.3) is 0 Å². The Morgan fingerprint density at radius 3 is 2.90 bits per heavy atom. The van der Waals surface area contributed by atoms with Crippen LogP contribution in [0.1, 0.15) is 6.42 Å². The molecule has 2 heteroatoms. The van der Waals surface area contributed by atoms with Gasteiger partial charge in [0.2, 0.25) is 0 Å². The van der Waals surface area contributed by atoms with E-state index in [9.17, 15) is 0 Å². The van der Waals surface area contributed by atoms with Crippen molar-refractivity contribution in [1.29, 1.82) is 0 Å². The Labute approximate surface area is 62.3 Å². The van der Waals surface area contributed by atoms with Gasteiger partial charge in [0.15, 0.2) is 0 Å². The van der Waals surface area contributed by atoms with Crippen molar-refractivity contribution in [2.75, 3.05) is 26.3 Å². The average molecular weight is 141 g/mol. The van der Waals surface area contributed by atoms with Gasteiger partial charge < -0.3 is 10.1 Å². The molecular formula is C8H15NO. The molecule has 0 amide bonds. The molecule has 1 fully saturated rings. The molecule has 0 spiro atoms. The highest BCUT2D eigenvalue weighted by molar-refractivity contribution is 4.74. The quantitative estimate of drug-likeness (QED) is 0.451. The summed E-state index contributed by atoms with van der Waals surface area (Å²) in [4.78, 5) is 0. The average Bonchev–Trinajstić information content (AvgIpc) is 1.84. The molecule has 0 aromatic rings. The van der Waals surface area contributed by atoms with Crippen LogP contribution < -0.4 is 5.32 Å². The molecule has 0 saturated carbocycles. The van der Waals surface area contributed by atoms with Gasteiger partial charge in [-0.2, -0.15) is 0 Å². The predicted molar refractivity (Wildman–Crippen MR) is 42.0 cm³/mol. The van der Waals surface area contributed by atoms with Crippen molar-refractivity contribution in [2.45, 2.75) is 6.42 Å². The molecule has 10 heavy (non-hydrogen) atoms. The van der Waals surface area contributed by atoms with Crippen LogP contribution in [0.4, 0.5) is 0 Å². The maximum Gasteiger partial charge on any atom is 0.0518 e. The smallest absolute Gasteiger partial charge is 0.0518 e. The second-order valence-electron chi connectivity index (χ2n) is 2.68. The van der Waals surface area contributed by atoms with Crippen LogP contribution in [0, 0.1) is 5.92 Å². The van der Waals surface area contributed by atoms with E-state index < -0.39 is 0 Å². The Morgan fingerprint density at radius 2 is 2.40 bits per heavy atom. The minimum Gasteiger partial charge on any atom is -0.381 e. The standard InChI is InChI=1S/C8H15NO/c1-2-3-4-10-7-8-5-9-6-8/h2,8-9H,1,3-7H2. The molecule has 1 rings (SSSR count). The Morgan fingerprint density at radius 1 is 1.60 bits per heavy atom. The van der Waals surface area contributed by atoms with Gasteiger partial charge in [0.1, 0.15) is 0 Å². The van der Waals surface area contributed by atoms with Crippen molar-refractivity contribution >= 4 is 0 Å². The van der Waals surface area contributed by atoms with E-state index in [1.165, 1.54) is 0 Å². The summed E-state index contributed by atoms with van der Waals surface area (Å²) < 4.78 is 5.37. The predicted octanol–water partition coefficient (Wildman–Crippen LogP) is 0.798. The second-order valence-corrected chi connectivity index (χ2v) is 2.68. The van der Waals surface area contributed by atoms with Crippen LogP contribution in [0.2, 0.25) is 0 Å². The Hall–Kier alpha value is -0.340. The Kier molecular flexibility index (Phi) is 3.47. The molecule has 0 unspecified atom stereocenters. The summed E-state index contributed by atoms with van der Waals surface area (Å²) in [5.41, 5.74) is 0. The SMILES string of the molecule is C=CCCOCC1CNC1. The van der Waals surface area contributed by atoms with E-state index in [1.807, 2.05) is 6.08 Å². The molecule has 1 N–H and O–H groups in total. The van der Waals surface area contributed by atoms with E-state index in [2.05, 4.69) is 11.9 Å². The van der Waals surface area contributed by atoms with E-state index in [-0.39, 0.29) is 0 Å². The molecule has 1 saturated heterocycles. The summed E-state index contributed by atoms with van der Waals surface area (Å²) in [7, 11) is 0. The van der Waals surface area contributed by atoms with Crippen LogP contribution in [0.3, 0.4) is 0 Å². The van der Waals surface area contributed by atoms with Crippen LogP contribution in [-0.2, 0) is 4.74 Å². The first kappa shape index (κ1) is 7.76. The highest BCUT2D eigenvalue weighted by atomic mass is 16.5. The highest BCUT2D eigenvalue weighted by Crippen LogP contribution is 2.02.